The SMILES string of the molecule is CNc1cc(-n2ccc3cc(C#N)cnc32)ncc1-c1nnc(C2CC3(CCN(C(=O)CN4CCC5(C4)C(=O)N(C4CCC(=O)NC4=O)c4ccccc45)CC3)C2)s1. The first-order valence-electron chi connectivity index (χ1n) is 19.8. The molecule has 0 radical (unpaired) electrons. The summed E-state index contributed by atoms with van der Waals surface area (Å²) >= 11 is 1.61. The second kappa shape index (κ2) is 13.8. The molecule has 1 saturated carbocycles. The van der Waals surface area contributed by atoms with Gasteiger partial charge in [0.1, 0.15) is 28.6 Å². The molecule has 58 heavy (non-hydrogen) atoms. The van der Waals surface area contributed by atoms with Crippen LogP contribution in [-0.4, -0.2) is 104 Å². The van der Waals surface area contributed by atoms with Crippen molar-refractivity contribution in [1.29, 1.82) is 5.26 Å². The molecular weight excluding hydrogens is 755 g/mol. The molecule has 4 amide bonds. The van der Waals surface area contributed by atoms with Gasteiger partial charge in [0.25, 0.3) is 0 Å². The smallest absolute Gasteiger partial charge is 0.249 e. The molecule has 4 aromatic heterocycles. The number of pyridine rings is 2. The van der Waals surface area contributed by atoms with Gasteiger partial charge in [0.2, 0.25) is 23.6 Å². The number of hydrogen-bond donors (Lipinski definition) is 2. The number of anilines is 2. The number of para-hydroxylation sites is 1. The maximum Gasteiger partial charge on any atom is 0.249 e. The van der Waals surface area contributed by atoms with Gasteiger partial charge in [-0.05, 0) is 67.7 Å². The zero-order valence-corrected chi connectivity index (χ0v) is 32.8. The largest absolute Gasteiger partial charge is 0.387 e. The minimum atomic E-state index is -0.814. The summed E-state index contributed by atoms with van der Waals surface area (Å²) in [5, 5.41) is 26.9. The number of piperidine rings is 2. The first-order chi connectivity index (χ1) is 28.2. The van der Waals surface area contributed by atoms with Crippen molar-refractivity contribution in [3.63, 3.8) is 0 Å². The molecule has 16 heteroatoms. The highest BCUT2D eigenvalue weighted by Gasteiger charge is 2.57. The number of imide groups is 1. The predicted octanol–water partition coefficient (Wildman–Crippen LogP) is 4.13. The van der Waals surface area contributed by atoms with E-state index in [4.69, 9.17) is 4.98 Å². The van der Waals surface area contributed by atoms with Gasteiger partial charge in [-0.1, -0.05) is 29.5 Å². The summed E-state index contributed by atoms with van der Waals surface area (Å²) in [5.74, 6) is 0.264. The lowest BCUT2D eigenvalue weighted by Gasteiger charge is -2.51. The third kappa shape index (κ3) is 5.86. The molecule has 294 valence electrons. The highest BCUT2D eigenvalue weighted by molar-refractivity contribution is 7.14. The van der Waals surface area contributed by atoms with Gasteiger partial charge in [0, 0.05) is 87.0 Å². The number of aromatic nitrogens is 5. The van der Waals surface area contributed by atoms with Crippen LogP contribution in [0.4, 0.5) is 11.4 Å². The quantitative estimate of drug-likeness (QED) is 0.226. The fraction of sp³-hybridized carbons (Fsp3) is 0.405. The van der Waals surface area contributed by atoms with Crippen molar-refractivity contribution in [3.8, 4) is 22.5 Å². The fourth-order valence-electron chi connectivity index (χ4n) is 10.0. The Morgan fingerprint density at radius 2 is 1.86 bits per heavy atom. The molecule has 2 atom stereocenters. The van der Waals surface area contributed by atoms with Gasteiger partial charge in [0.15, 0.2) is 5.01 Å². The van der Waals surface area contributed by atoms with Crippen LogP contribution in [0.25, 0.3) is 27.4 Å². The average Bonchev–Trinajstić information content (AvgIpc) is 4.03. The maximum absolute atomic E-state index is 14.2. The number of carbonyl (C=O) groups is 4. The van der Waals surface area contributed by atoms with Gasteiger partial charge in [-0.25, -0.2) is 9.97 Å². The molecule has 2 unspecified atom stereocenters. The van der Waals surface area contributed by atoms with Gasteiger partial charge in [-0.2, -0.15) is 5.26 Å². The Hall–Kier alpha value is -6.05. The summed E-state index contributed by atoms with van der Waals surface area (Å²) in [7, 11) is 1.87. The second-order valence-corrected chi connectivity index (χ2v) is 17.4. The van der Waals surface area contributed by atoms with Gasteiger partial charge in [0.05, 0.1) is 23.1 Å². The number of hydrogen-bond acceptors (Lipinski definition) is 12. The Kier molecular flexibility index (Phi) is 8.64. The lowest BCUT2D eigenvalue weighted by molar-refractivity contribution is -0.136. The molecule has 2 N–H and O–H groups in total. The molecule has 0 bridgehead atoms. The zero-order chi connectivity index (χ0) is 39.8. The van der Waals surface area contributed by atoms with Crippen molar-refractivity contribution < 1.29 is 19.2 Å². The van der Waals surface area contributed by atoms with Gasteiger partial charge in [-0.3, -0.25) is 38.9 Å². The van der Waals surface area contributed by atoms with Crippen molar-refractivity contribution in [2.45, 2.75) is 62.3 Å². The Morgan fingerprint density at radius 1 is 1.03 bits per heavy atom. The average molecular weight is 796 g/mol. The number of fused-ring (bicyclic) bond motifs is 3. The molecule has 2 spiro atoms. The van der Waals surface area contributed by atoms with Gasteiger partial charge < -0.3 is 10.2 Å². The highest BCUT2D eigenvalue weighted by atomic mass is 32.1. The topological polar surface area (TPSA) is 182 Å². The number of nitrogens with zero attached hydrogens (tertiary/aromatic N) is 9. The number of nitriles is 1. The zero-order valence-electron chi connectivity index (χ0n) is 32.0. The summed E-state index contributed by atoms with van der Waals surface area (Å²) < 4.78 is 1.90. The van der Waals surface area contributed by atoms with E-state index in [-0.39, 0.29) is 36.1 Å². The van der Waals surface area contributed by atoms with E-state index in [2.05, 4.69) is 36.8 Å². The maximum atomic E-state index is 14.2. The van der Waals surface area contributed by atoms with Crippen LogP contribution < -0.4 is 15.5 Å². The second-order valence-electron chi connectivity index (χ2n) is 16.4. The van der Waals surface area contributed by atoms with E-state index in [1.807, 2.05) is 71.4 Å². The molecule has 5 aromatic rings. The summed E-state index contributed by atoms with van der Waals surface area (Å²) in [6, 6.07) is 14.8. The Balaban J connectivity index is 0.750. The third-order valence-electron chi connectivity index (χ3n) is 13.2. The van der Waals surface area contributed by atoms with E-state index in [0.29, 0.717) is 56.3 Å². The number of carbonyl (C=O) groups excluding carboxylic acids is 4. The van der Waals surface area contributed by atoms with E-state index in [9.17, 15) is 24.4 Å². The first-order valence-corrected chi connectivity index (χ1v) is 20.7. The molecule has 4 fully saturated rings. The van der Waals surface area contributed by atoms with Crippen molar-refractivity contribution in [1.82, 2.24) is 39.8 Å². The van der Waals surface area contributed by atoms with E-state index in [0.717, 1.165) is 69.2 Å². The van der Waals surface area contributed by atoms with Crippen molar-refractivity contribution >= 4 is 57.4 Å². The van der Waals surface area contributed by atoms with Crippen LogP contribution in [0.3, 0.4) is 0 Å². The van der Waals surface area contributed by atoms with Crippen LogP contribution >= 0.6 is 11.3 Å². The van der Waals surface area contributed by atoms with Crippen molar-refractivity contribution in [3.05, 3.63) is 77.2 Å². The van der Waals surface area contributed by atoms with E-state index < -0.39 is 17.4 Å². The van der Waals surface area contributed by atoms with Crippen LogP contribution in [0, 0.1) is 16.7 Å². The molecule has 15 nitrogen and oxygen atoms in total. The Bertz CT molecular complexity index is 2560. The predicted molar refractivity (Wildman–Crippen MR) is 215 cm³/mol. The summed E-state index contributed by atoms with van der Waals surface area (Å²) in [4.78, 5) is 67.5. The molecule has 1 aromatic carbocycles. The summed E-state index contributed by atoms with van der Waals surface area (Å²) in [5.41, 5.74) is 4.01. The Morgan fingerprint density at radius 3 is 2.66 bits per heavy atom. The van der Waals surface area contributed by atoms with Crippen LogP contribution in [0.1, 0.15) is 67.0 Å². The number of amides is 4. The molecule has 8 heterocycles. The molecule has 4 aliphatic heterocycles. The number of benzene rings is 1. The molecule has 1 aliphatic carbocycles. The minimum Gasteiger partial charge on any atom is -0.387 e. The standard InChI is InChI=1S/C42H41N11O4S/c1-44-30-17-33(52-12-8-26-16-25(20-43)21-46-36(26)52)45-22-28(30)39-49-48-38(58-39)27-18-41(19-27)9-14-51(15-10-41)35(55)23-50-13-11-42(24-50)29-4-2-3-5-31(29)53(40(42)57)32-6-7-34(54)47-37(32)56/h2-5,8,12,16-17,21-22,27,32H,6-7,9-11,13-15,18-19,23-24H2,1H3,(H,44,45)(H,47,54,56). The normalized spacial score (nSPS) is 23.0. The molecular formula is C42H41N11O4S. The minimum absolute atomic E-state index is 0.0895. The first kappa shape index (κ1) is 36.3. The van der Waals surface area contributed by atoms with Crippen LogP contribution in [0.15, 0.2) is 61.1 Å². The highest BCUT2D eigenvalue weighted by Crippen LogP contribution is 2.57. The van der Waals surface area contributed by atoms with Crippen LogP contribution in [-0.2, 0) is 24.6 Å². The van der Waals surface area contributed by atoms with Gasteiger partial charge >= 0.3 is 0 Å². The van der Waals surface area contributed by atoms with Crippen LogP contribution in [0.2, 0.25) is 0 Å². The van der Waals surface area contributed by atoms with E-state index in [1.54, 1.807) is 22.4 Å². The summed E-state index contributed by atoms with van der Waals surface area (Å²) in [6.45, 7) is 2.72. The Labute approximate surface area is 338 Å². The van der Waals surface area contributed by atoms with E-state index >= 15 is 0 Å². The lowest BCUT2D eigenvalue weighted by Crippen LogP contribution is -2.56. The molecule has 5 aliphatic rings. The fourth-order valence-corrected chi connectivity index (χ4v) is 11.0. The molecule has 3 saturated heterocycles. The molecule has 10 rings (SSSR count). The number of nitrogens with one attached hydrogen (secondary N) is 2. The third-order valence-corrected chi connectivity index (χ3v) is 14.3. The van der Waals surface area contributed by atoms with Crippen LogP contribution in [0.5, 0.6) is 0 Å². The summed E-state index contributed by atoms with van der Waals surface area (Å²) in [6.07, 6.45) is 10.3. The van der Waals surface area contributed by atoms with Crippen molar-refractivity contribution in [2.24, 2.45) is 5.41 Å². The number of likely N-dealkylation sites (tertiary alicyclic amines) is 2. The monoisotopic (exact) mass is 795 g/mol. The van der Waals surface area contributed by atoms with E-state index in [1.165, 1.54) is 0 Å². The number of rotatable bonds is 7. The lowest BCUT2D eigenvalue weighted by atomic mass is 9.58. The van der Waals surface area contributed by atoms with Gasteiger partial charge in [-0.15, -0.1) is 10.2 Å². The van der Waals surface area contributed by atoms with Crippen molar-refractivity contribution in [2.75, 3.05) is 50.0 Å².